The van der Waals surface area contributed by atoms with Gasteiger partial charge < -0.3 is 10.6 Å². The van der Waals surface area contributed by atoms with Gasteiger partial charge in [0, 0.05) is 19.0 Å². The van der Waals surface area contributed by atoms with Gasteiger partial charge in [0.15, 0.2) is 0 Å². The second-order valence-corrected chi connectivity index (χ2v) is 5.97. The van der Waals surface area contributed by atoms with Gasteiger partial charge in [0.1, 0.15) is 0 Å². The average Bonchev–Trinajstić information content (AvgIpc) is 2.39. The Labute approximate surface area is 105 Å². The molecule has 0 radical (unpaired) electrons. The SMILES string of the molecule is CC1CCN(C(=O)C2CCCC(CN)C2)CC1. The number of piperidine rings is 1. The van der Waals surface area contributed by atoms with Crippen molar-refractivity contribution in [3.8, 4) is 0 Å². The van der Waals surface area contributed by atoms with E-state index >= 15 is 0 Å². The van der Waals surface area contributed by atoms with Crippen LogP contribution in [0.25, 0.3) is 0 Å². The van der Waals surface area contributed by atoms with Crippen LogP contribution >= 0.6 is 0 Å². The van der Waals surface area contributed by atoms with Crippen molar-refractivity contribution in [2.75, 3.05) is 19.6 Å². The van der Waals surface area contributed by atoms with Gasteiger partial charge in [0.05, 0.1) is 0 Å². The summed E-state index contributed by atoms with van der Waals surface area (Å²) in [6.45, 7) is 4.99. The quantitative estimate of drug-likeness (QED) is 0.800. The predicted molar refractivity (Wildman–Crippen MR) is 69.5 cm³/mol. The average molecular weight is 238 g/mol. The molecule has 2 atom stereocenters. The highest BCUT2D eigenvalue weighted by molar-refractivity contribution is 5.79. The van der Waals surface area contributed by atoms with Crippen molar-refractivity contribution >= 4 is 5.91 Å². The number of likely N-dealkylation sites (tertiary alicyclic amines) is 1. The van der Waals surface area contributed by atoms with Gasteiger partial charge in [-0.25, -0.2) is 0 Å². The van der Waals surface area contributed by atoms with Crippen LogP contribution in [0.1, 0.15) is 45.4 Å². The fourth-order valence-electron chi connectivity index (χ4n) is 3.22. The van der Waals surface area contributed by atoms with Crippen molar-refractivity contribution in [1.29, 1.82) is 0 Å². The summed E-state index contributed by atoms with van der Waals surface area (Å²) in [7, 11) is 0. The maximum Gasteiger partial charge on any atom is 0.225 e. The molecule has 0 aromatic rings. The second-order valence-electron chi connectivity index (χ2n) is 5.97. The van der Waals surface area contributed by atoms with E-state index < -0.39 is 0 Å². The first-order valence-corrected chi connectivity index (χ1v) is 7.19. The molecule has 1 heterocycles. The molecule has 2 aliphatic rings. The van der Waals surface area contributed by atoms with Crippen LogP contribution in [0, 0.1) is 17.8 Å². The Morgan fingerprint density at radius 1 is 1.24 bits per heavy atom. The van der Waals surface area contributed by atoms with Gasteiger partial charge >= 0.3 is 0 Å². The van der Waals surface area contributed by atoms with Crippen LogP contribution < -0.4 is 5.73 Å². The van der Waals surface area contributed by atoms with Crippen LogP contribution in [-0.4, -0.2) is 30.4 Å². The van der Waals surface area contributed by atoms with E-state index in [9.17, 15) is 4.79 Å². The first-order chi connectivity index (χ1) is 8.20. The zero-order valence-electron chi connectivity index (χ0n) is 11.0. The Kier molecular flexibility index (Phi) is 4.43. The van der Waals surface area contributed by atoms with Crippen molar-refractivity contribution < 1.29 is 4.79 Å². The molecular formula is C14H26N2O. The van der Waals surface area contributed by atoms with E-state index in [1.807, 2.05) is 0 Å². The molecule has 1 aliphatic heterocycles. The van der Waals surface area contributed by atoms with Crippen molar-refractivity contribution in [1.82, 2.24) is 4.90 Å². The number of nitrogens with zero attached hydrogens (tertiary/aromatic N) is 1. The third kappa shape index (κ3) is 3.21. The number of carbonyl (C=O) groups excluding carboxylic acids is 1. The van der Waals surface area contributed by atoms with Gasteiger partial charge in [-0.1, -0.05) is 13.3 Å². The molecular weight excluding hydrogens is 212 g/mol. The first-order valence-electron chi connectivity index (χ1n) is 7.19. The molecule has 1 saturated carbocycles. The number of hydrogen-bond donors (Lipinski definition) is 1. The normalized spacial score (nSPS) is 31.5. The van der Waals surface area contributed by atoms with Gasteiger partial charge in [0.25, 0.3) is 0 Å². The molecule has 0 aromatic carbocycles. The maximum atomic E-state index is 12.4. The molecule has 0 aromatic heterocycles. The molecule has 1 saturated heterocycles. The van der Waals surface area contributed by atoms with Crippen LogP contribution in [0.3, 0.4) is 0 Å². The number of rotatable bonds is 2. The summed E-state index contributed by atoms with van der Waals surface area (Å²) in [6.07, 6.45) is 6.88. The van der Waals surface area contributed by atoms with Crippen LogP contribution in [0.4, 0.5) is 0 Å². The Hall–Kier alpha value is -0.570. The van der Waals surface area contributed by atoms with Gasteiger partial charge in [-0.2, -0.15) is 0 Å². The number of carbonyl (C=O) groups is 1. The van der Waals surface area contributed by atoms with Crippen molar-refractivity contribution in [3.63, 3.8) is 0 Å². The third-order valence-electron chi connectivity index (χ3n) is 4.56. The van der Waals surface area contributed by atoms with E-state index in [2.05, 4.69) is 11.8 Å². The van der Waals surface area contributed by atoms with E-state index in [1.165, 1.54) is 25.7 Å². The predicted octanol–water partition coefficient (Wildman–Crippen LogP) is 2.01. The van der Waals surface area contributed by atoms with Crippen LogP contribution in [0.15, 0.2) is 0 Å². The molecule has 17 heavy (non-hydrogen) atoms. The van der Waals surface area contributed by atoms with E-state index in [0.29, 0.717) is 11.8 Å². The van der Waals surface area contributed by atoms with E-state index in [0.717, 1.165) is 38.4 Å². The largest absolute Gasteiger partial charge is 0.342 e. The number of nitrogens with two attached hydrogens (primary N) is 1. The van der Waals surface area contributed by atoms with Crippen molar-refractivity contribution in [2.24, 2.45) is 23.5 Å². The fraction of sp³-hybridized carbons (Fsp3) is 0.929. The highest BCUT2D eigenvalue weighted by Gasteiger charge is 2.30. The number of hydrogen-bond acceptors (Lipinski definition) is 2. The smallest absolute Gasteiger partial charge is 0.225 e. The summed E-state index contributed by atoms with van der Waals surface area (Å²) in [5.41, 5.74) is 5.74. The monoisotopic (exact) mass is 238 g/mol. The van der Waals surface area contributed by atoms with Gasteiger partial charge in [0.2, 0.25) is 5.91 Å². The molecule has 2 fully saturated rings. The van der Waals surface area contributed by atoms with Gasteiger partial charge in [-0.05, 0) is 50.5 Å². The van der Waals surface area contributed by atoms with Crippen molar-refractivity contribution in [3.05, 3.63) is 0 Å². The van der Waals surface area contributed by atoms with E-state index in [1.54, 1.807) is 0 Å². The third-order valence-corrected chi connectivity index (χ3v) is 4.56. The first kappa shape index (κ1) is 12.9. The zero-order chi connectivity index (χ0) is 12.3. The summed E-state index contributed by atoms with van der Waals surface area (Å²) in [6, 6.07) is 0. The summed E-state index contributed by atoms with van der Waals surface area (Å²) < 4.78 is 0. The summed E-state index contributed by atoms with van der Waals surface area (Å²) in [4.78, 5) is 14.5. The minimum Gasteiger partial charge on any atom is -0.342 e. The van der Waals surface area contributed by atoms with E-state index in [4.69, 9.17) is 5.73 Å². The fourth-order valence-corrected chi connectivity index (χ4v) is 3.22. The lowest BCUT2D eigenvalue weighted by atomic mass is 9.80. The van der Waals surface area contributed by atoms with E-state index in [-0.39, 0.29) is 5.92 Å². The maximum absolute atomic E-state index is 12.4. The molecule has 3 heteroatoms. The standard InChI is InChI=1S/C14H26N2O/c1-11-5-7-16(8-6-11)14(17)13-4-2-3-12(9-13)10-15/h11-13H,2-10,15H2,1H3. The number of amides is 1. The molecule has 2 N–H and O–H groups in total. The zero-order valence-corrected chi connectivity index (χ0v) is 11.0. The second kappa shape index (κ2) is 5.85. The molecule has 0 spiro atoms. The summed E-state index contributed by atoms with van der Waals surface area (Å²) in [5.74, 6) is 2.06. The van der Waals surface area contributed by atoms with Crippen LogP contribution in [-0.2, 0) is 4.79 Å². The molecule has 1 amide bonds. The van der Waals surface area contributed by atoms with Gasteiger partial charge in [-0.15, -0.1) is 0 Å². The minimum atomic E-state index is 0.269. The van der Waals surface area contributed by atoms with Crippen LogP contribution in [0.2, 0.25) is 0 Å². The Morgan fingerprint density at radius 3 is 2.59 bits per heavy atom. The molecule has 98 valence electrons. The highest BCUT2D eigenvalue weighted by Crippen LogP contribution is 2.30. The van der Waals surface area contributed by atoms with Crippen LogP contribution in [0.5, 0.6) is 0 Å². The lowest BCUT2D eigenvalue weighted by Crippen LogP contribution is -2.43. The van der Waals surface area contributed by atoms with Gasteiger partial charge in [-0.3, -0.25) is 4.79 Å². The Bertz CT molecular complexity index is 259. The molecule has 2 rings (SSSR count). The lowest BCUT2D eigenvalue weighted by molar-refractivity contribution is -0.138. The molecule has 1 aliphatic carbocycles. The molecule has 0 bridgehead atoms. The Morgan fingerprint density at radius 2 is 1.94 bits per heavy atom. The molecule has 3 nitrogen and oxygen atoms in total. The minimum absolute atomic E-state index is 0.269. The lowest BCUT2D eigenvalue weighted by Gasteiger charge is -2.35. The summed E-state index contributed by atoms with van der Waals surface area (Å²) >= 11 is 0. The van der Waals surface area contributed by atoms with Crippen molar-refractivity contribution in [2.45, 2.75) is 45.4 Å². The topological polar surface area (TPSA) is 46.3 Å². The Balaban J connectivity index is 1.86. The molecule has 2 unspecified atom stereocenters. The highest BCUT2D eigenvalue weighted by atomic mass is 16.2. The summed E-state index contributed by atoms with van der Waals surface area (Å²) in [5, 5.41) is 0.